The van der Waals surface area contributed by atoms with E-state index in [1.807, 2.05) is 30.3 Å². The average molecular weight is 257 g/mol. The Bertz CT molecular complexity index is 579. The van der Waals surface area contributed by atoms with Gasteiger partial charge in [-0.3, -0.25) is 9.69 Å². The fraction of sp³-hybridized carbons (Fsp3) is 0.286. The van der Waals surface area contributed by atoms with Crippen LogP contribution >= 0.6 is 0 Å². The molecule has 2 aromatic rings. The van der Waals surface area contributed by atoms with Crippen LogP contribution in [0.2, 0.25) is 0 Å². The van der Waals surface area contributed by atoms with Gasteiger partial charge >= 0.3 is 0 Å². The van der Waals surface area contributed by atoms with Gasteiger partial charge in [0.1, 0.15) is 5.69 Å². The molecule has 2 N–H and O–H groups in total. The highest BCUT2D eigenvalue weighted by atomic mass is 16.5. The Morgan fingerprint density at radius 3 is 2.84 bits per heavy atom. The molecule has 19 heavy (non-hydrogen) atoms. The molecule has 1 aliphatic rings. The third-order valence-corrected chi connectivity index (χ3v) is 3.37. The lowest BCUT2D eigenvalue weighted by atomic mass is 10.1. The Morgan fingerprint density at radius 2 is 2.16 bits per heavy atom. The zero-order valence-electron chi connectivity index (χ0n) is 10.5. The Kier molecular flexibility index (Phi) is 3.05. The van der Waals surface area contributed by atoms with Gasteiger partial charge in [-0.25, -0.2) is 0 Å². The maximum atomic E-state index is 11.9. The summed E-state index contributed by atoms with van der Waals surface area (Å²) in [7, 11) is 0. The summed E-state index contributed by atoms with van der Waals surface area (Å²) >= 11 is 0. The van der Waals surface area contributed by atoms with E-state index < -0.39 is 0 Å². The smallest absolute Gasteiger partial charge is 0.234 e. The molecule has 0 spiro atoms. The van der Waals surface area contributed by atoms with Crippen molar-refractivity contribution in [3.63, 3.8) is 0 Å². The van der Waals surface area contributed by atoms with Gasteiger partial charge in [0.2, 0.25) is 11.8 Å². The molecule has 1 saturated heterocycles. The predicted molar refractivity (Wildman–Crippen MR) is 71.5 cm³/mol. The molecule has 1 aliphatic heterocycles. The number of anilines is 1. The number of carbonyl (C=O) groups is 1. The van der Waals surface area contributed by atoms with Gasteiger partial charge < -0.3 is 10.3 Å². The number of amides is 1. The molecule has 1 atom stereocenters. The first-order valence-electron chi connectivity index (χ1n) is 6.30. The summed E-state index contributed by atoms with van der Waals surface area (Å²) in [5.41, 5.74) is 7.31. The minimum absolute atomic E-state index is 0.0474. The van der Waals surface area contributed by atoms with Crippen molar-refractivity contribution < 1.29 is 9.32 Å². The van der Waals surface area contributed by atoms with Crippen LogP contribution in [0.1, 0.15) is 6.42 Å². The number of hydrogen-bond acceptors (Lipinski definition) is 4. The van der Waals surface area contributed by atoms with Crippen LogP contribution in [0, 0.1) is 5.92 Å². The van der Waals surface area contributed by atoms with Crippen LogP contribution in [-0.4, -0.2) is 24.2 Å². The van der Waals surface area contributed by atoms with Gasteiger partial charge in [-0.2, -0.15) is 0 Å². The third kappa shape index (κ3) is 2.24. The Balaban J connectivity index is 1.84. The van der Waals surface area contributed by atoms with Crippen molar-refractivity contribution >= 4 is 11.8 Å². The van der Waals surface area contributed by atoms with E-state index in [1.54, 1.807) is 11.0 Å². The Labute approximate surface area is 111 Å². The highest BCUT2D eigenvalue weighted by Crippen LogP contribution is 2.28. The van der Waals surface area contributed by atoms with Crippen molar-refractivity contribution in [3.8, 4) is 11.3 Å². The first kappa shape index (κ1) is 11.9. The van der Waals surface area contributed by atoms with E-state index in [-0.39, 0.29) is 11.8 Å². The molecule has 1 aromatic heterocycles. The molecule has 0 radical (unpaired) electrons. The Morgan fingerprint density at radius 1 is 1.37 bits per heavy atom. The first-order valence-corrected chi connectivity index (χ1v) is 6.30. The lowest BCUT2D eigenvalue weighted by Crippen LogP contribution is -2.25. The molecule has 1 amide bonds. The molecule has 1 unspecified atom stereocenters. The maximum Gasteiger partial charge on any atom is 0.234 e. The first-order chi connectivity index (χ1) is 9.28. The van der Waals surface area contributed by atoms with Crippen LogP contribution < -0.4 is 10.6 Å². The van der Waals surface area contributed by atoms with Gasteiger partial charge in [-0.15, -0.1) is 0 Å². The van der Waals surface area contributed by atoms with Gasteiger partial charge in [0, 0.05) is 24.6 Å². The lowest BCUT2D eigenvalue weighted by molar-refractivity contribution is -0.117. The number of benzene rings is 1. The molecule has 0 saturated carbocycles. The molecule has 98 valence electrons. The highest BCUT2D eigenvalue weighted by Gasteiger charge is 2.32. The molecule has 5 nitrogen and oxygen atoms in total. The number of hydrogen-bond donors (Lipinski definition) is 1. The summed E-state index contributed by atoms with van der Waals surface area (Å²) in [6, 6.07) is 11.5. The number of aromatic nitrogens is 1. The van der Waals surface area contributed by atoms with Gasteiger partial charge in [0.15, 0.2) is 0 Å². The van der Waals surface area contributed by atoms with E-state index in [0.717, 1.165) is 11.3 Å². The maximum absolute atomic E-state index is 11.9. The predicted octanol–water partition coefficient (Wildman–Crippen LogP) is 1.65. The zero-order chi connectivity index (χ0) is 13.2. The number of nitrogens with zero attached hydrogens (tertiary/aromatic N) is 2. The van der Waals surface area contributed by atoms with E-state index in [1.165, 1.54) is 0 Å². The monoisotopic (exact) mass is 257 g/mol. The molecule has 1 aromatic carbocycles. The summed E-state index contributed by atoms with van der Waals surface area (Å²) < 4.78 is 5.28. The van der Waals surface area contributed by atoms with Gasteiger partial charge in [0.05, 0.1) is 0 Å². The summed E-state index contributed by atoms with van der Waals surface area (Å²) in [6.45, 7) is 1.13. The molecule has 1 fully saturated rings. The van der Waals surface area contributed by atoms with Crippen LogP contribution in [0.15, 0.2) is 40.9 Å². The van der Waals surface area contributed by atoms with Gasteiger partial charge in [-0.05, 0) is 12.5 Å². The van der Waals surface area contributed by atoms with Crippen molar-refractivity contribution in [1.82, 2.24) is 5.16 Å². The molecular formula is C14H15N3O2. The average Bonchev–Trinajstić information content (AvgIpc) is 3.06. The minimum Gasteiger partial charge on any atom is -0.338 e. The minimum atomic E-state index is 0.0474. The third-order valence-electron chi connectivity index (χ3n) is 3.37. The number of carbonyl (C=O) groups excluding carboxylic acids is 1. The Hall–Kier alpha value is -2.14. The quantitative estimate of drug-likeness (QED) is 0.907. The fourth-order valence-electron chi connectivity index (χ4n) is 2.29. The summed E-state index contributed by atoms with van der Waals surface area (Å²) in [5.74, 6) is 0.754. The summed E-state index contributed by atoms with van der Waals surface area (Å²) in [5, 5.41) is 4.02. The van der Waals surface area contributed by atoms with E-state index in [4.69, 9.17) is 10.3 Å². The topological polar surface area (TPSA) is 72.4 Å². The number of nitrogens with two attached hydrogens (primary N) is 1. The molecule has 5 heteroatoms. The van der Waals surface area contributed by atoms with Crippen molar-refractivity contribution in [2.24, 2.45) is 11.7 Å². The van der Waals surface area contributed by atoms with Crippen molar-refractivity contribution in [3.05, 3.63) is 36.4 Å². The second-order valence-corrected chi connectivity index (χ2v) is 4.73. The molecule has 0 bridgehead atoms. The molecule has 3 rings (SSSR count). The standard InChI is InChI=1S/C14H15N3O2/c15-8-10-6-13(18)17(9-10)14-7-12(16-19-14)11-4-2-1-3-5-11/h1-5,7,10H,6,8-9,15H2. The van der Waals surface area contributed by atoms with Gasteiger partial charge in [-0.1, -0.05) is 35.5 Å². The summed E-state index contributed by atoms with van der Waals surface area (Å²) in [6.07, 6.45) is 0.484. The molecular weight excluding hydrogens is 242 g/mol. The second kappa shape index (κ2) is 4.85. The highest BCUT2D eigenvalue weighted by molar-refractivity contribution is 5.94. The SMILES string of the molecule is NCC1CC(=O)N(c2cc(-c3ccccc3)no2)C1. The zero-order valence-corrected chi connectivity index (χ0v) is 10.5. The fourth-order valence-corrected chi connectivity index (χ4v) is 2.29. The van der Waals surface area contributed by atoms with Crippen LogP contribution in [0.5, 0.6) is 0 Å². The van der Waals surface area contributed by atoms with Crippen molar-refractivity contribution in [1.29, 1.82) is 0 Å². The molecule has 0 aliphatic carbocycles. The van der Waals surface area contributed by atoms with Crippen molar-refractivity contribution in [2.45, 2.75) is 6.42 Å². The van der Waals surface area contributed by atoms with E-state index >= 15 is 0 Å². The normalized spacial score (nSPS) is 19.1. The number of rotatable bonds is 3. The van der Waals surface area contributed by atoms with E-state index in [0.29, 0.717) is 25.4 Å². The lowest BCUT2D eigenvalue weighted by Gasteiger charge is -2.10. The van der Waals surface area contributed by atoms with E-state index in [2.05, 4.69) is 5.16 Å². The molecule has 2 heterocycles. The van der Waals surface area contributed by atoms with Crippen LogP contribution in [0.25, 0.3) is 11.3 Å². The van der Waals surface area contributed by atoms with Crippen LogP contribution in [0.3, 0.4) is 0 Å². The van der Waals surface area contributed by atoms with Crippen LogP contribution in [-0.2, 0) is 4.79 Å². The van der Waals surface area contributed by atoms with Gasteiger partial charge in [0.25, 0.3) is 0 Å². The van der Waals surface area contributed by atoms with E-state index in [9.17, 15) is 4.79 Å². The van der Waals surface area contributed by atoms with Crippen LogP contribution in [0.4, 0.5) is 5.88 Å². The summed E-state index contributed by atoms with van der Waals surface area (Å²) in [4.78, 5) is 13.5. The van der Waals surface area contributed by atoms with Crippen molar-refractivity contribution in [2.75, 3.05) is 18.0 Å². The second-order valence-electron chi connectivity index (χ2n) is 4.73. The largest absolute Gasteiger partial charge is 0.338 e.